The predicted molar refractivity (Wildman–Crippen MR) is 184 cm³/mol. The maximum absolute atomic E-state index is 6.56. The van der Waals surface area contributed by atoms with Crippen LogP contribution in [0.3, 0.4) is 0 Å². The number of furan rings is 1. The number of fused-ring (bicyclic) bond motifs is 6. The molecule has 0 radical (unpaired) electrons. The Kier molecular flexibility index (Phi) is 5.78. The van der Waals surface area contributed by atoms with Gasteiger partial charge in [0.15, 0.2) is 17.5 Å². The fourth-order valence-corrected chi connectivity index (χ4v) is 6.40. The fourth-order valence-electron chi connectivity index (χ4n) is 6.40. The zero-order valence-corrected chi connectivity index (χ0v) is 24.2. The number of hydrogen-bond acceptors (Lipinski definition) is 4. The van der Waals surface area contributed by atoms with Crippen LogP contribution in [0.5, 0.6) is 0 Å². The smallest absolute Gasteiger partial charge is 0.164 e. The van der Waals surface area contributed by atoms with Gasteiger partial charge in [0.05, 0.1) is 0 Å². The minimum Gasteiger partial charge on any atom is -0.456 e. The lowest BCUT2D eigenvalue weighted by molar-refractivity contribution is 0.669. The third-order valence-corrected chi connectivity index (χ3v) is 8.51. The van der Waals surface area contributed by atoms with Crippen LogP contribution >= 0.6 is 0 Å². The molecule has 9 rings (SSSR count). The van der Waals surface area contributed by atoms with Crippen molar-refractivity contribution in [2.75, 3.05) is 0 Å². The maximum atomic E-state index is 6.56. The first kappa shape index (κ1) is 25.4. The molecule has 0 atom stereocenters. The molecule has 45 heavy (non-hydrogen) atoms. The molecule has 7 aromatic carbocycles. The Bertz CT molecular complexity index is 2470. The van der Waals surface area contributed by atoms with Gasteiger partial charge in [0.2, 0.25) is 0 Å². The molecule has 0 spiro atoms. The van der Waals surface area contributed by atoms with E-state index >= 15 is 0 Å². The molecular formula is C41H25N3O. The quantitative estimate of drug-likeness (QED) is 0.209. The Balaban J connectivity index is 1.28. The molecule has 0 N–H and O–H groups in total. The zero-order chi connectivity index (χ0) is 29.7. The lowest BCUT2D eigenvalue weighted by atomic mass is 9.92. The Morgan fingerprint density at radius 2 is 0.933 bits per heavy atom. The molecule has 0 aliphatic rings. The molecule has 0 saturated heterocycles. The van der Waals surface area contributed by atoms with E-state index in [0.29, 0.717) is 17.5 Å². The lowest BCUT2D eigenvalue weighted by Gasteiger charge is -2.11. The first-order chi connectivity index (χ1) is 22.3. The van der Waals surface area contributed by atoms with Crippen LogP contribution in [0.1, 0.15) is 0 Å². The first-order valence-electron chi connectivity index (χ1n) is 15.0. The molecule has 0 aliphatic carbocycles. The highest BCUT2D eigenvalue weighted by molar-refractivity contribution is 6.23. The molecule has 2 heterocycles. The van der Waals surface area contributed by atoms with Crippen molar-refractivity contribution < 1.29 is 4.42 Å². The summed E-state index contributed by atoms with van der Waals surface area (Å²) in [5, 5.41) is 6.90. The average molecular weight is 576 g/mol. The molecular weight excluding hydrogens is 550 g/mol. The highest BCUT2D eigenvalue weighted by Gasteiger charge is 2.18. The van der Waals surface area contributed by atoms with Crippen LogP contribution in [-0.4, -0.2) is 15.0 Å². The number of hydrogen-bond donors (Lipinski definition) is 0. The van der Waals surface area contributed by atoms with Crippen molar-refractivity contribution in [1.29, 1.82) is 0 Å². The molecule has 0 saturated carbocycles. The van der Waals surface area contributed by atoms with Gasteiger partial charge in [0, 0.05) is 27.5 Å². The predicted octanol–water partition coefficient (Wildman–Crippen LogP) is 10.7. The molecule has 2 aromatic heterocycles. The topological polar surface area (TPSA) is 51.8 Å². The van der Waals surface area contributed by atoms with E-state index in [-0.39, 0.29) is 0 Å². The number of aromatic nitrogens is 3. The van der Waals surface area contributed by atoms with Gasteiger partial charge in [0.1, 0.15) is 11.2 Å². The molecule has 0 unspecified atom stereocenters. The van der Waals surface area contributed by atoms with E-state index in [1.807, 2.05) is 72.8 Å². The van der Waals surface area contributed by atoms with Gasteiger partial charge in [-0.15, -0.1) is 0 Å². The minimum absolute atomic E-state index is 0.621. The second kappa shape index (κ2) is 10.2. The number of rotatable bonds is 4. The SMILES string of the molecule is c1ccc(-c2nc(-c3ccccc3)nc(-c3ccc4oc5cc(-c6cccc7ccccc67)c6ccccc6c5c4c3)n2)cc1. The van der Waals surface area contributed by atoms with E-state index in [1.165, 1.54) is 21.7 Å². The summed E-state index contributed by atoms with van der Waals surface area (Å²) in [4.78, 5) is 14.8. The fraction of sp³-hybridized carbons (Fsp3) is 0. The summed E-state index contributed by atoms with van der Waals surface area (Å²) < 4.78 is 6.56. The highest BCUT2D eigenvalue weighted by atomic mass is 16.3. The molecule has 4 nitrogen and oxygen atoms in total. The summed E-state index contributed by atoms with van der Waals surface area (Å²) in [6.45, 7) is 0. The van der Waals surface area contributed by atoms with E-state index in [1.54, 1.807) is 0 Å². The van der Waals surface area contributed by atoms with Gasteiger partial charge in [-0.05, 0) is 56.9 Å². The Hall–Kier alpha value is -6.13. The van der Waals surface area contributed by atoms with Gasteiger partial charge >= 0.3 is 0 Å². The Labute approximate surface area is 259 Å². The monoisotopic (exact) mass is 575 g/mol. The molecule has 210 valence electrons. The van der Waals surface area contributed by atoms with Gasteiger partial charge in [-0.1, -0.05) is 127 Å². The number of benzene rings is 7. The average Bonchev–Trinajstić information content (AvgIpc) is 3.50. The van der Waals surface area contributed by atoms with Crippen LogP contribution in [0.15, 0.2) is 156 Å². The zero-order valence-electron chi connectivity index (χ0n) is 24.2. The Morgan fingerprint density at radius 1 is 0.356 bits per heavy atom. The summed E-state index contributed by atoms with van der Waals surface area (Å²) in [5.74, 6) is 1.90. The standard InChI is InChI=1S/C41H25N3O/c1-3-13-27(14-4-1)39-42-40(28-15-5-2-6-16-28)44-41(43-39)29-22-23-36-35(24-29)38-33-20-10-9-19-32(33)34(25-37(38)45-36)31-21-11-17-26-12-7-8-18-30(26)31/h1-25H. The van der Waals surface area contributed by atoms with Gasteiger partial charge in [0.25, 0.3) is 0 Å². The van der Waals surface area contributed by atoms with E-state index in [9.17, 15) is 0 Å². The van der Waals surface area contributed by atoms with Crippen molar-refractivity contribution in [3.8, 4) is 45.3 Å². The van der Waals surface area contributed by atoms with Crippen LogP contribution in [0.4, 0.5) is 0 Å². The van der Waals surface area contributed by atoms with E-state index in [0.717, 1.165) is 49.6 Å². The van der Waals surface area contributed by atoms with Crippen LogP contribution in [0.2, 0.25) is 0 Å². The van der Waals surface area contributed by atoms with Crippen molar-refractivity contribution in [3.05, 3.63) is 152 Å². The van der Waals surface area contributed by atoms with Crippen molar-refractivity contribution in [1.82, 2.24) is 15.0 Å². The second-order valence-electron chi connectivity index (χ2n) is 11.2. The molecule has 0 amide bonds. The third-order valence-electron chi connectivity index (χ3n) is 8.51. The summed E-state index contributed by atoms with van der Waals surface area (Å²) in [6, 6.07) is 52.2. The van der Waals surface area contributed by atoms with Gasteiger partial charge in [-0.3, -0.25) is 0 Å². The van der Waals surface area contributed by atoms with Crippen LogP contribution in [-0.2, 0) is 0 Å². The number of nitrogens with zero attached hydrogens (tertiary/aromatic N) is 3. The maximum Gasteiger partial charge on any atom is 0.164 e. The third kappa shape index (κ3) is 4.27. The summed E-state index contributed by atoms with van der Waals surface area (Å²) in [5.41, 5.74) is 6.83. The molecule has 0 aliphatic heterocycles. The second-order valence-corrected chi connectivity index (χ2v) is 11.2. The van der Waals surface area contributed by atoms with E-state index in [2.05, 4.69) is 78.9 Å². The van der Waals surface area contributed by atoms with Crippen LogP contribution < -0.4 is 0 Å². The molecule has 0 fully saturated rings. The molecule has 4 heteroatoms. The van der Waals surface area contributed by atoms with Crippen molar-refractivity contribution in [3.63, 3.8) is 0 Å². The van der Waals surface area contributed by atoms with Gasteiger partial charge < -0.3 is 4.42 Å². The van der Waals surface area contributed by atoms with Crippen LogP contribution in [0.25, 0.3) is 88.8 Å². The first-order valence-corrected chi connectivity index (χ1v) is 15.0. The van der Waals surface area contributed by atoms with E-state index in [4.69, 9.17) is 19.4 Å². The van der Waals surface area contributed by atoms with Crippen LogP contribution in [0, 0.1) is 0 Å². The normalized spacial score (nSPS) is 11.6. The summed E-state index contributed by atoms with van der Waals surface area (Å²) in [7, 11) is 0. The highest BCUT2D eigenvalue weighted by Crippen LogP contribution is 2.42. The van der Waals surface area contributed by atoms with Crippen molar-refractivity contribution >= 4 is 43.5 Å². The van der Waals surface area contributed by atoms with Gasteiger partial charge in [-0.2, -0.15) is 0 Å². The summed E-state index contributed by atoms with van der Waals surface area (Å²) >= 11 is 0. The van der Waals surface area contributed by atoms with E-state index < -0.39 is 0 Å². The lowest BCUT2D eigenvalue weighted by Crippen LogP contribution is -2.00. The minimum atomic E-state index is 0.621. The van der Waals surface area contributed by atoms with Gasteiger partial charge in [-0.25, -0.2) is 15.0 Å². The molecule has 9 aromatic rings. The largest absolute Gasteiger partial charge is 0.456 e. The molecule has 0 bridgehead atoms. The van der Waals surface area contributed by atoms with Crippen molar-refractivity contribution in [2.24, 2.45) is 0 Å². The Morgan fingerprint density at radius 3 is 1.64 bits per heavy atom. The summed E-state index contributed by atoms with van der Waals surface area (Å²) in [6.07, 6.45) is 0. The van der Waals surface area contributed by atoms with Crippen molar-refractivity contribution in [2.45, 2.75) is 0 Å².